The van der Waals surface area contributed by atoms with E-state index in [1.54, 1.807) is 0 Å². The Hall–Kier alpha value is -0.880. The highest BCUT2D eigenvalue weighted by atomic mass is 79.9. The number of nitrogens with zero attached hydrogens (tertiary/aromatic N) is 4. The van der Waals surface area contributed by atoms with Gasteiger partial charge in [-0.2, -0.15) is 4.98 Å². The topological polar surface area (TPSA) is 44.3 Å². The summed E-state index contributed by atoms with van der Waals surface area (Å²) in [6.07, 6.45) is 2.06. The van der Waals surface area contributed by atoms with Crippen molar-refractivity contribution in [1.29, 1.82) is 0 Å². The molecule has 0 saturated carbocycles. The molecule has 112 valence electrons. The maximum absolute atomic E-state index is 4.76. The fourth-order valence-corrected chi connectivity index (χ4v) is 2.83. The van der Waals surface area contributed by atoms with Crippen molar-refractivity contribution in [1.82, 2.24) is 14.9 Å². The van der Waals surface area contributed by atoms with Crippen LogP contribution >= 0.6 is 15.9 Å². The van der Waals surface area contributed by atoms with Gasteiger partial charge in [-0.1, -0.05) is 13.3 Å². The maximum atomic E-state index is 4.76. The van der Waals surface area contributed by atoms with E-state index in [1.165, 1.54) is 0 Å². The molecule has 1 aromatic heterocycles. The lowest BCUT2D eigenvalue weighted by Crippen LogP contribution is -2.45. The lowest BCUT2D eigenvalue weighted by atomic mass is 10.2. The van der Waals surface area contributed by atoms with Gasteiger partial charge in [-0.15, -0.1) is 0 Å². The molecule has 0 radical (unpaired) electrons. The lowest BCUT2D eigenvalue weighted by molar-refractivity contribution is 0.311. The zero-order valence-corrected chi connectivity index (χ0v) is 14.2. The zero-order valence-electron chi connectivity index (χ0n) is 12.6. The van der Waals surface area contributed by atoms with Crippen molar-refractivity contribution in [3.63, 3.8) is 0 Å². The highest BCUT2D eigenvalue weighted by Crippen LogP contribution is 2.27. The first-order valence-corrected chi connectivity index (χ1v) is 8.18. The van der Waals surface area contributed by atoms with E-state index in [4.69, 9.17) is 9.97 Å². The van der Waals surface area contributed by atoms with Crippen LogP contribution in [0.5, 0.6) is 0 Å². The summed E-state index contributed by atoms with van der Waals surface area (Å²) in [4.78, 5) is 14.1. The Morgan fingerprint density at radius 1 is 1.15 bits per heavy atom. The Bertz CT molecular complexity index is 416. The summed E-state index contributed by atoms with van der Waals surface area (Å²) in [7, 11) is 2.16. The summed E-state index contributed by atoms with van der Waals surface area (Å²) in [6.45, 7) is 9.26. The summed E-state index contributed by atoms with van der Waals surface area (Å²) in [5.74, 6) is 1.78. The average Bonchev–Trinajstić information content (AvgIpc) is 2.44. The molecule has 1 aliphatic heterocycles. The van der Waals surface area contributed by atoms with Gasteiger partial charge in [-0.05, 0) is 36.3 Å². The highest BCUT2D eigenvalue weighted by Gasteiger charge is 2.19. The molecule has 6 heteroatoms. The van der Waals surface area contributed by atoms with Gasteiger partial charge in [0.2, 0.25) is 5.95 Å². The van der Waals surface area contributed by atoms with Crippen LogP contribution < -0.4 is 10.2 Å². The fraction of sp³-hybridized carbons (Fsp3) is 0.714. The van der Waals surface area contributed by atoms with Crippen LogP contribution in [-0.4, -0.2) is 54.6 Å². The first kappa shape index (κ1) is 15.5. The molecule has 0 spiro atoms. The minimum absolute atomic E-state index is 0.862. The molecule has 0 atom stereocenters. The molecule has 5 nitrogen and oxygen atoms in total. The number of piperazine rings is 1. The van der Waals surface area contributed by atoms with Crippen LogP contribution in [0.25, 0.3) is 0 Å². The van der Waals surface area contributed by atoms with Gasteiger partial charge < -0.3 is 15.1 Å². The number of nitrogens with one attached hydrogen (secondary N) is 1. The van der Waals surface area contributed by atoms with Crippen LogP contribution in [0.1, 0.15) is 26.0 Å². The van der Waals surface area contributed by atoms with Gasteiger partial charge in [-0.3, -0.25) is 0 Å². The monoisotopic (exact) mass is 341 g/mol. The molecule has 1 aromatic rings. The molecule has 0 aliphatic carbocycles. The fourth-order valence-electron chi connectivity index (χ4n) is 2.32. The van der Waals surface area contributed by atoms with Crippen LogP contribution in [0.2, 0.25) is 0 Å². The molecule has 0 amide bonds. The van der Waals surface area contributed by atoms with Crippen molar-refractivity contribution in [2.24, 2.45) is 0 Å². The van der Waals surface area contributed by atoms with Gasteiger partial charge >= 0.3 is 0 Å². The van der Waals surface area contributed by atoms with E-state index < -0.39 is 0 Å². The standard InChI is InChI=1S/C14H24BrN5/c1-4-6-11-12(15)13(16-5-2)18-14(17-11)20-9-7-19(3)8-10-20/h4-10H2,1-3H3,(H,16,17,18). The number of aryl methyl sites for hydroxylation is 1. The summed E-state index contributed by atoms with van der Waals surface area (Å²) >= 11 is 3.64. The Morgan fingerprint density at radius 3 is 2.45 bits per heavy atom. The third-order valence-corrected chi connectivity index (χ3v) is 4.36. The van der Waals surface area contributed by atoms with E-state index in [0.717, 1.165) is 67.5 Å². The van der Waals surface area contributed by atoms with E-state index in [-0.39, 0.29) is 0 Å². The number of aromatic nitrogens is 2. The van der Waals surface area contributed by atoms with E-state index in [0.29, 0.717) is 0 Å². The van der Waals surface area contributed by atoms with Gasteiger partial charge in [0, 0.05) is 32.7 Å². The number of anilines is 2. The largest absolute Gasteiger partial charge is 0.369 e. The Balaban J connectivity index is 2.27. The molecule has 1 aliphatic rings. The van der Waals surface area contributed by atoms with Crippen molar-refractivity contribution in [3.8, 4) is 0 Å². The second-order valence-electron chi connectivity index (χ2n) is 5.20. The first-order chi connectivity index (χ1) is 9.65. The van der Waals surface area contributed by atoms with Crippen LogP contribution in [0.15, 0.2) is 4.47 Å². The minimum atomic E-state index is 0.862. The zero-order chi connectivity index (χ0) is 14.5. The summed E-state index contributed by atoms with van der Waals surface area (Å²) in [6, 6.07) is 0. The highest BCUT2D eigenvalue weighted by molar-refractivity contribution is 9.10. The van der Waals surface area contributed by atoms with E-state index in [9.17, 15) is 0 Å². The van der Waals surface area contributed by atoms with Gasteiger partial charge in [-0.25, -0.2) is 4.98 Å². The number of hydrogen-bond acceptors (Lipinski definition) is 5. The molecule has 2 rings (SSSR count). The van der Waals surface area contributed by atoms with Gasteiger partial charge in [0.05, 0.1) is 10.2 Å². The number of halogens is 1. The third kappa shape index (κ3) is 3.61. The quantitative estimate of drug-likeness (QED) is 0.890. The normalized spacial score (nSPS) is 16.5. The number of likely N-dealkylation sites (N-methyl/N-ethyl adjacent to an activating group) is 1. The van der Waals surface area contributed by atoms with E-state index in [2.05, 4.69) is 51.9 Å². The van der Waals surface area contributed by atoms with Crippen molar-refractivity contribution in [2.45, 2.75) is 26.7 Å². The van der Waals surface area contributed by atoms with E-state index >= 15 is 0 Å². The molecular formula is C14H24BrN5. The Labute approximate surface area is 129 Å². The molecule has 1 N–H and O–H groups in total. The third-order valence-electron chi connectivity index (χ3n) is 3.53. The molecule has 0 bridgehead atoms. The molecule has 1 saturated heterocycles. The molecule has 2 heterocycles. The van der Waals surface area contributed by atoms with Crippen LogP contribution in [-0.2, 0) is 6.42 Å². The summed E-state index contributed by atoms with van der Waals surface area (Å²) in [5.41, 5.74) is 1.10. The van der Waals surface area contributed by atoms with Crippen molar-refractivity contribution in [2.75, 3.05) is 50.0 Å². The summed E-state index contributed by atoms with van der Waals surface area (Å²) in [5, 5.41) is 3.33. The van der Waals surface area contributed by atoms with Gasteiger partial charge in [0.25, 0.3) is 0 Å². The van der Waals surface area contributed by atoms with Crippen molar-refractivity contribution < 1.29 is 0 Å². The minimum Gasteiger partial charge on any atom is -0.369 e. The second kappa shape index (κ2) is 7.22. The average molecular weight is 342 g/mol. The van der Waals surface area contributed by atoms with Crippen molar-refractivity contribution in [3.05, 3.63) is 10.2 Å². The molecular weight excluding hydrogens is 318 g/mol. The second-order valence-corrected chi connectivity index (χ2v) is 6.00. The first-order valence-electron chi connectivity index (χ1n) is 7.39. The predicted molar refractivity (Wildman–Crippen MR) is 87.6 cm³/mol. The summed E-state index contributed by atoms with van der Waals surface area (Å²) < 4.78 is 1.01. The van der Waals surface area contributed by atoms with E-state index in [1.807, 2.05) is 0 Å². The Kier molecular flexibility index (Phi) is 5.60. The predicted octanol–water partition coefficient (Wildman–Crippen LogP) is 2.38. The SMILES string of the molecule is CCCc1nc(N2CCN(C)CC2)nc(NCC)c1Br. The smallest absolute Gasteiger partial charge is 0.227 e. The molecule has 20 heavy (non-hydrogen) atoms. The molecule has 0 aromatic carbocycles. The van der Waals surface area contributed by atoms with Crippen molar-refractivity contribution >= 4 is 27.7 Å². The van der Waals surface area contributed by atoms with Crippen LogP contribution in [0.4, 0.5) is 11.8 Å². The van der Waals surface area contributed by atoms with Gasteiger partial charge in [0.1, 0.15) is 5.82 Å². The lowest BCUT2D eigenvalue weighted by Gasteiger charge is -2.32. The van der Waals surface area contributed by atoms with Crippen LogP contribution in [0, 0.1) is 0 Å². The number of rotatable bonds is 5. The van der Waals surface area contributed by atoms with Gasteiger partial charge in [0.15, 0.2) is 0 Å². The van der Waals surface area contributed by atoms with Crippen LogP contribution in [0.3, 0.4) is 0 Å². The Morgan fingerprint density at radius 2 is 1.85 bits per heavy atom. The number of hydrogen-bond donors (Lipinski definition) is 1. The molecule has 1 fully saturated rings. The maximum Gasteiger partial charge on any atom is 0.227 e. The molecule has 0 unspecified atom stereocenters.